The number of hydrogen-bond donors (Lipinski definition) is 1. The monoisotopic (exact) mass is 305 g/mol. The minimum Gasteiger partial charge on any atom is -0.377 e. The topological polar surface area (TPSA) is 12.0 Å². The normalized spacial score (nSPS) is 15.8. The van der Waals surface area contributed by atoms with Crippen LogP contribution in [0.4, 0.5) is 5.69 Å². The van der Waals surface area contributed by atoms with Crippen molar-refractivity contribution in [2.24, 2.45) is 0 Å². The van der Waals surface area contributed by atoms with Gasteiger partial charge in [-0.3, -0.25) is 0 Å². The molecule has 0 bridgehead atoms. The molecule has 0 radical (unpaired) electrons. The van der Waals surface area contributed by atoms with Crippen molar-refractivity contribution in [3.8, 4) is 0 Å². The lowest BCUT2D eigenvalue weighted by Crippen LogP contribution is -2.05. The van der Waals surface area contributed by atoms with Crippen molar-refractivity contribution in [3.63, 3.8) is 0 Å². The first-order chi connectivity index (χ1) is 9.63. The molecule has 3 rings (SSSR count). The maximum atomic E-state index is 6.30. The maximum absolute atomic E-state index is 6.30. The van der Waals surface area contributed by atoms with Crippen LogP contribution in [-0.4, -0.2) is 0 Å². The van der Waals surface area contributed by atoms with Gasteiger partial charge in [0.25, 0.3) is 0 Å². The summed E-state index contributed by atoms with van der Waals surface area (Å²) in [4.78, 5) is 3.02. The molecule has 2 aromatic rings. The third-order valence-corrected chi connectivity index (χ3v) is 5.67. The minimum atomic E-state index is 0.311. The Morgan fingerprint density at radius 2 is 2.00 bits per heavy atom. The van der Waals surface area contributed by atoms with Crippen LogP contribution in [0, 0.1) is 6.92 Å². The van der Waals surface area contributed by atoms with Gasteiger partial charge < -0.3 is 5.32 Å². The summed E-state index contributed by atoms with van der Waals surface area (Å²) in [7, 11) is 0. The van der Waals surface area contributed by atoms with E-state index in [9.17, 15) is 0 Å². The van der Waals surface area contributed by atoms with E-state index >= 15 is 0 Å². The lowest BCUT2D eigenvalue weighted by atomic mass is 9.99. The van der Waals surface area contributed by atoms with E-state index in [4.69, 9.17) is 11.6 Å². The van der Waals surface area contributed by atoms with E-state index in [-0.39, 0.29) is 0 Å². The fourth-order valence-corrected chi connectivity index (χ4v) is 4.32. The van der Waals surface area contributed by atoms with Gasteiger partial charge in [0.15, 0.2) is 0 Å². The molecule has 1 aromatic heterocycles. The number of halogens is 1. The van der Waals surface area contributed by atoms with Crippen LogP contribution in [-0.2, 0) is 12.8 Å². The van der Waals surface area contributed by atoms with Crippen LogP contribution in [0.15, 0.2) is 24.3 Å². The average molecular weight is 306 g/mol. The van der Waals surface area contributed by atoms with Crippen LogP contribution in [0.5, 0.6) is 0 Å². The Bertz CT molecular complexity index is 594. The summed E-state index contributed by atoms with van der Waals surface area (Å²) < 4.78 is 0. The third-order valence-electron chi connectivity index (χ3n) is 3.94. The molecule has 1 aliphatic rings. The highest BCUT2D eigenvalue weighted by Crippen LogP contribution is 2.35. The highest BCUT2D eigenvalue weighted by Gasteiger charge is 2.17. The molecule has 20 heavy (non-hydrogen) atoms. The van der Waals surface area contributed by atoms with Crippen LogP contribution in [0.25, 0.3) is 0 Å². The largest absolute Gasteiger partial charge is 0.377 e. The number of hydrogen-bond acceptors (Lipinski definition) is 2. The van der Waals surface area contributed by atoms with Crippen molar-refractivity contribution in [1.29, 1.82) is 0 Å². The first-order valence-corrected chi connectivity index (χ1v) is 8.47. The Morgan fingerprint density at radius 1 is 1.20 bits per heavy atom. The number of benzene rings is 1. The summed E-state index contributed by atoms with van der Waals surface area (Å²) in [5.41, 5.74) is 3.79. The molecule has 1 aromatic carbocycles. The second-order valence-corrected chi connectivity index (χ2v) is 7.23. The summed E-state index contributed by atoms with van der Waals surface area (Å²) in [6.45, 7) is 4.28. The Balaban J connectivity index is 1.78. The zero-order valence-electron chi connectivity index (χ0n) is 12.0. The van der Waals surface area contributed by atoms with Gasteiger partial charge in [0.2, 0.25) is 0 Å². The molecule has 1 atom stereocenters. The smallest absolute Gasteiger partial charge is 0.0640 e. The minimum absolute atomic E-state index is 0.311. The molecule has 1 unspecified atom stereocenters. The number of fused-ring (bicyclic) bond motifs is 1. The zero-order valence-corrected chi connectivity index (χ0v) is 13.6. The van der Waals surface area contributed by atoms with Crippen LogP contribution in [0.2, 0.25) is 5.02 Å². The fraction of sp³-hybridized carbons (Fsp3) is 0.412. The van der Waals surface area contributed by atoms with E-state index in [0.29, 0.717) is 6.04 Å². The van der Waals surface area contributed by atoms with Crippen molar-refractivity contribution in [2.45, 2.75) is 45.6 Å². The number of thiophene rings is 1. The summed E-state index contributed by atoms with van der Waals surface area (Å²) in [5.74, 6) is 0. The molecular weight excluding hydrogens is 286 g/mol. The third kappa shape index (κ3) is 2.87. The summed E-state index contributed by atoms with van der Waals surface area (Å²) in [6, 6.07) is 8.88. The molecule has 0 aliphatic heterocycles. The molecule has 0 amide bonds. The van der Waals surface area contributed by atoms with E-state index in [2.05, 4.69) is 37.4 Å². The highest BCUT2D eigenvalue weighted by atomic mass is 35.5. The first kappa shape index (κ1) is 14.0. The fourth-order valence-electron chi connectivity index (χ4n) is 2.77. The molecule has 1 heterocycles. The van der Waals surface area contributed by atoms with Crippen LogP contribution >= 0.6 is 22.9 Å². The molecule has 0 spiro atoms. The molecule has 3 heteroatoms. The van der Waals surface area contributed by atoms with Gasteiger partial charge in [0.1, 0.15) is 0 Å². The van der Waals surface area contributed by atoms with E-state index < -0.39 is 0 Å². The van der Waals surface area contributed by atoms with Crippen LogP contribution in [0.1, 0.15) is 46.7 Å². The SMILES string of the molecule is Cc1ccc(NC(C)c2cc3c(s2)CCCC3)c(Cl)c1. The molecule has 0 saturated heterocycles. The van der Waals surface area contributed by atoms with E-state index in [1.165, 1.54) is 36.1 Å². The summed E-state index contributed by atoms with van der Waals surface area (Å²) in [6.07, 6.45) is 5.20. The molecule has 106 valence electrons. The molecular formula is C17H20ClNS. The van der Waals surface area contributed by atoms with Crippen molar-refractivity contribution in [1.82, 2.24) is 0 Å². The quantitative estimate of drug-likeness (QED) is 0.760. The Kier molecular flexibility index (Phi) is 4.04. The van der Waals surface area contributed by atoms with Crippen molar-refractivity contribution in [2.75, 3.05) is 5.32 Å². The van der Waals surface area contributed by atoms with Crippen LogP contribution in [0.3, 0.4) is 0 Å². The van der Waals surface area contributed by atoms with E-state index in [1.54, 1.807) is 10.4 Å². The number of aryl methyl sites for hydroxylation is 3. The Morgan fingerprint density at radius 3 is 2.75 bits per heavy atom. The van der Waals surface area contributed by atoms with E-state index in [0.717, 1.165) is 10.7 Å². The molecule has 1 aliphatic carbocycles. The standard InChI is InChI=1S/C17H20ClNS/c1-11-7-8-15(14(18)9-11)19-12(2)17-10-13-5-3-4-6-16(13)20-17/h7-10,12,19H,3-6H2,1-2H3. The van der Waals surface area contributed by atoms with Crippen molar-refractivity contribution < 1.29 is 0 Å². The summed E-state index contributed by atoms with van der Waals surface area (Å²) >= 11 is 8.27. The van der Waals surface area contributed by atoms with Gasteiger partial charge in [-0.2, -0.15) is 0 Å². The van der Waals surface area contributed by atoms with Gasteiger partial charge in [0.05, 0.1) is 16.8 Å². The lowest BCUT2D eigenvalue weighted by Gasteiger charge is -2.15. The Hall–Kier alpha value is -0.990. The Labute approximate surface area is 130 Å². The predicted molar refractivity (Wildman–Crippen MR) is 89.2 cm³/mol. The van der Waals surface area contributed by atoms with Crippen molar-refractivity contribution in [3.05, 3.63) is 50.2 Å². The molecule has 1 nitrogen and oxygen atoms in total. The molecule has 0 fully saturated rings. The van der Waals surface area contributed by atoms with Gasteiger partial charge in [-0.1, -0.05) is 17.7 Å². The number of anilines is 1. The predicted octanol–water partition coefficient (Wildman–Crippen LogP) is 5.76. The number of rotatable bonds is 3. The van der Waals surface area contributed by atoms with Gasteiger partial charge in [-0.25, -0.2) is 0 Å². The zero-order chi connectivity index (χ0) is 14.1. The molecule has 0 saturated carbocycles. The molecule has 1 N–H and O–H groups in total. The second kappa shape index (κ2) is 5.79. The highest BCUT2D eigenvalue weighted by molar-refractivity contribution is 7.12. The van der Waals surface area contributed by atoms with Crippen molar-refractivity contribution >= 4 is 28.6 Å². The maximum Gasteiger partial charge on any atom is 0.0640 e. The summed E-state index contributed by atoms with van der Waals surface area (Å²) in [5, 5.41) is 4.35. The average Bonchev–Trinajstić information content (AvgIpc) is 2.86. The van der Waals surface area contributed by atoms with Gasteiger partial charge in [-0.15, -0.1) is 11.3 Å². The lowest BCUT2D eigenvalue weighted by molar-refractivity contribution is 0.696. The first-order valence-electron chi connectivity index (χ1n) is 7.27. The van der Waals surface area contributed by atoms with Gasteiger partial charge in [-0.05, 0) is 68.9 Å². The van der Waals surface area contributed by atoms with E-state index in [1.807, 2.05) is 17.4 Å². The van der Waals surface area contributed by atoms with Gasteiger partial charge >= 0.3 is 0 Å². The number of nitrogens with one attached hydrogen (secondary N) is 1. The van der Waals surface area contributed by atoms with Crippen LogP contribution < -0.4 is 5.32 Å². The second-order valence-electron chi connectivity index (χ2n) is 5.65. The van der Waals surface area contributed by atoms with Gasteiger partial charge in [0, 0.05) is 9.75 Å².